The monoisotopic (exact) mass is 319 g/mol. The normalized spacial score (nSPS) is 12.8. The highest BCUT2D eigenvalue weighted by Gasteiger charge is 2.30. The van der Waals surface area contributed by atoms with Crippen molar-refractivity contribution < 1.29 is 19.2 Å². The van der Waals surface area contributed by atoms with Crippen LogP contribution in [0.2, 0.25) is 0 Å². The number of nitro benzene ring substituents is 1. The van der Waals surface area contributed by atoms with E-state index < -0.39 is 28.9 Å². The van der Waals surface area contributed by atoms with Crippen molar-refractivity contribution in [3.8, 4) is 6.07 Å². The molecule has 0 saturated carbocycles. The van der Waals surface area contributed by atoms with E-state index >= 15 is 0 Å². The molecule has 0 aliphatic carbocycles. The largest absolute Gasteiger partial charge is 0.452 e. The van der Waals surface area contributed by atoms with Crippen LogP contribution in [0, 0.1) is 27.4 Å². The van der Waals surface area contributed by atoms with Gasteiger partial charge in [0.15, 0.2) is 6.61 Å². The summed E-state index contributed by atoms with van der Waals surface area (Å²) in [6.07, 6.45) is 0. The van der Waals surface area contributed by atoms with Gasteiger partial charge in [0.25, 0.3) is 11.6 Å². The number of nitro groups is 1. The van der Waals surface area contributed by atoms with Gasteiger partial charge in [-0.2, -0.15) is 5.26 Å². The molecule has 1 rings (SSSR count). The van der Waals surface area contributed by atoms with Crippen molar-refractivity contribution in [2.24, 2.45) is 5.92 Å². The Morgan fingerprint density at radius 2 is 2.13 bits per heavy atom. The van der Waals surface area contributed by atoms with E-state index in [4.69, 9.17) is 10.00 Å². The quantitative estimate of drug-likeness (QED) is 0.484. The smallest absolute Gasteiger partial charge is 0.338 e. The first-order valence-electron chi connectivity index (χ1n) is 6.83. The number of carbonyl (C=O) groups is 2. The number of rotatable bonds is 6. The van der Waals surface area contributed by atoms with Crippen LogP contribution >= 0.6 is 0 Å². The lowest BCUT2D eigenvalue weighted by atomic mass is 9.90. The second kappa shape index (κ2) is 7.35. The maximum Gasteiger partial charge on any atom is 0.338 e. The topological polar surface area (TPSA) is 122 Å². The van der Waals surface area contributed by atoms with E-state index in [0.717, 1.165) is 6.07 Å². The van der Waals surface area contributed by atoms with Gasteiger partial charge >= 0.3 is 5.97 Å². The highest BCUT2D eigenvalue weighted by atomic mass is 16.6. The Kier molecular flexibility index (Phi) is 5.79. The van der Waals surface area contributed by atoms with Crippen molar-refractivity contribution in [3.63, 3.8) is 0 Å². The average Bonchev–Trinajstić information content (AvgIpc) is 2.52. The van der Waals surface area contributed by atoms with Crippen molar-refractivity contribution in [3.05, 3.63) is 39.9 Å². The van der Waals surface area contributed by atoms with Crippen LogP contribution in [0.25, 0.3) is 0 Å². The van der Waals surface area contributed by atoms with Gasteiger partial charge in [0.05, 0.1) is 16.6 Å². The first kappa shape index (κ1) is 18.1. The summed E-state index contributed by atoms with van der Waals surface area (Å²) >= 11 is 0. The third-order valence-corrected chi connectivity index (χ3v) is 3.41. The number of nitrogens with zero attached hydrogens (tertiary/aromatic N) is 2. The second-order valence-electron chi connectivity index (χ2n) is 5.40. The van der Waals surface area contributed by atoms with Gasteiger partial charge in [0, 0.05) is 12.1 Å². The zero-order chi connectivity index (χ0) is 17.6. The summed E-state index contributed by atoms with van der Waals surface area (Å²) in [5.41, 5.74) is -1.35. The lowest BCUT2D eigenvalue weighted by molar-refractivity contribution is -0.384. The van der Waals surface area contributed by atoms with Gasteiger partial charge in [0.1, 0.15) is 5.54 Å². The number of amides is 1. The van der Waals surface area contributed by atoms with Crippen molar-refractivity contribution in [2.45, 2.75) is 26.3 Å². The summed E-state index contributed by atoms with van der Waals surface area (Å²) in [6.45, 7) is 4.54. The standard InChI is InChI=1S/C15H17N3O5/c1-10(2)15(3,9-16)17-13(19)8-23-14(20)11-5-4-6-12(7-11)18(21)22/h4-7,10H,8H2,1-3H3,(H,17,19)/t15-/m0/s1. The van der Waals surface area contributed by atoms with Gasteiger partial charge in [-0.15, -0.1) is 0 Å². The van der Waals surface area contributed by atoms with Crippen LogP contribution in [0.5, 0.6) is 0 Å². The predicted octanol–water partition coefficient (Wildman–Crippen LogP) is 1.81. The minimum atomic E-state index is -1.07. The number of esters is 1. The number of hydrogen-bond donors (Lipinski definition) is 1. The molecule has 0 unspecified atom stereocenters. The zero-order valence-electron chi connectivity index (χ0n) is 13.0. The number of nitrogens with one attached hydrogen (secondary N) is 1. The summed E-state index contributed by atoms with van der Waals surface area (Å²) in [6, 6.07) is 7.00. The van der Waals surface area contributed by atoms with Crippen molar-refractivity contribution in [1.82, 2.24) is 5.32 Å². The zero-order valence-corrected chi connectivity index (χ0v) is 13.0. The Morgan fingerprint density at radius 1 is 1.48 bits per heavy atom. The number of hydrogen-bond acceptors (Lipinski definition) is 6. The molecule has 1 N–H and O–H groups in total. The fourth-order valence-electron chi connectivity index (χ4n) is 1.59. The molecule has 1 aromatic rings. The summed E-state index contributed by atoms with van der Waals surface area (Å²) < 4.78 is 4.81. The first-order chi connectivity index (χ1) is 10.7. The third kappa shape index (κ3) is 4.78. The minimum absolute atomic E-state index is 0.0288. The molecule has 0 heterocycles. The first-order valence-corrected chi connectivity index (χ1v) is 6.83. The van der Waals surface area contributed by atoms with E-state index in [2.05, 4.69) is 5.32 Å². The molecule has 8 nitrogen and oxygen atoms in total. The summed E-state index contributed by atoms with van der Waals surface area (Å²) in [5, 5.41) is 22.3. The lowest BCUT2D eigenvalue weighted by Gasteiger charge is -2.27. The van der Waals surface area contributed by atoms with Crippen LogP contribution in [0.1, 0.15) is 31.1 Å². The number of nitriles is 1. The van der Waals surface area contributed by atoms with Gasteiger partial charge < -0.3 is 10.1 Å². The number of non-ortho nitro benzene ring substituents is 1. The average molecular weight is 319 g/mol. The van der Waals surface area contributed by atoms with E-state index in [1.807, 2.05) is 6.07 Å². The Labute approximate surface area is 133 Å². The van der Waals surface area contributed by atoms with Gasteiger partial charge in [-0.3, -0.25) is 14.9 Å². The molecule has 0 aliphatic rings. The molecule has 0 aromatic heterocycles. The van der Waals surface area contributed by atoms with Crippen LogP contribution in [-0.2, 0) is 9.53 Å². The van der Waals surface area contributed by atoms with Crippen LogP contribution < -0.4 is 5.32 Å². The molecule has 1 aromatic carbocycles. The van der Waals surface area contributed by atoms with E-state index in [1.165, 1.54) is 18.2 Å². The molecule has 122 valence electrons. The highest BCUT2D eigenvalue weighted by molar-refractivity contribution is 5.92. The van der Waals surface area contributed by atoms with Crippen molar-refractivity contribution in [2.75, 3.05) is 6.61 Å². The molecular formula is C15H17N3O5. The minimum Gasteiger partial charge on any atom is -0.452 e. The van der Waals surface area contributed by atoms with E-state index in [-0.39, 0.29) is 17.2 Å². The van der Waals surface area contributed by atoms with Crippen LogP contribution in [0.4, 0.5) is 5.69 Å². The third-order valence-electron chi connectivity index (χ3n) is 3.41. The molecule has 0 saturated heterocycles. The summed E-state index contributed by atoms with van der Waals surface area (Å²) in [5.74, 6) is -1.61. The van der Waals surface area contributed by atoms with E-state index in [0.29, 0.717) is 0 Å². The van der Waals surface area contributed by atoms with Crippen molar-refractivity contribution in [1.29, 1.82) is 5.26 Å². The molecule has 23 heavy (non-hydrogen) atoms. The highest BCUT2D eigenvalue weighted by Crippen LogP contribution is 2.15. The molecule has 0 bridgehead atoms. The molecule has 1 amide bonds. The number of carbonyl (C=O) groups excluding carboxylic acids is 2. The Balaban J connectivity index is 2.66. The molecule has 0 radical (unpaired) electrons. The fourth-order valence-corrected chi connectivity index (χ4v) is 1.59. The Bertz CT molecular complexity index is 665. The van der Waals surface area contributed by atoms with Gasteiger partial charge in [-0.25, -0.2) is 4.79 Å². The van der Waals surface area contributed by atoms with Crippen LogP contribution in [0.15, 0.2) is 24.3 Å². The van der Waals surface area contributed by atoms with Gasteiger partial charge in [-0.1, -0.05) is 19.9 Å². The van der Waals surface area contributed by atoms with Gasteiger partial charge in [-0.05, 0) is 18.9 Å². The lowest BCUT2D eigenvalue weighted by Crippen LogP contribution is -2.50. The molecule has 8 heteroatoms. The predicted molar refractivity (Wildman–Crippen MR) is 80.4 cm³/mol. The number of benzene rings is 1. The SMILES string of the molecule is CC(C)[C@](C)(C#N)NC(=O)COC(=O)c1cccc([N+](=O)[O-])c1. The van der Waals surface area contributed by atoms with E-state index in [1.54, 1.807) is 20.8 Å². The van der Waals surface area contributed by atoms with Gasteiger partial charge in [0.2, 0.25) is 0 Å². The summed E-state index contributed by atoms with van der Waals surface area (Å²) in [7, 11) is 0. The Morgan fingerprint density at radius 3 is 2.65 bits per heavy atom. The van der Waals surface area contributed by atoms with Crippen LogP contribution in [0.3, 0.4) is 0 Å². The molecule has 0 fully saturated rings. The van der Waals surface area contributed by atoms with E-state index in [9.17, 15) is 19.7 Å². The fraction of sp³-hybridized carbons (Fsp3) is 0.400. The molecular weight excluding hydrogens is 302 g/mol. The molecule has 0 aliphatic heterocycles. The summed E-state index contributed by atoms with van der Waals surface area (Å²) in [4.78, 5) is 33.6. The Hall–Kier alpha value is -2.95. The molecule has 1 atom stereocenters. The van der Waals surface area contributed by atoms with Crippen LogP contribution in [-0.4, -0.2) is 28.9 Å². The maximum atomic E-state index is 11.8. The maximum absolute atomic E-state index is 11.8. The van der Waals surface area contributed by atoms with Crippen molar-refractivity contribution >= 4 is 17.6 Å². The molecule has 0 spiro atoms. The second-order valence-corrected chi connectivity index (χ2v) is 5.40. The number of ether oxygens (including phenoxy) is 1.